The van der Waals surface area contributed by atoms with Crippen molar-refractivity contribution >= 4 is 28.3 Å². The average molecular weight is 350 g/mol. The van der Waals surface area contributed by atoms with Crippen LogP contribution in [0.4, 0.5) is 0 Å². The van der Waals surface area contributed by atoms with Crippen LogP contribution in [0.25, 0.3) is 0 Å². The zero-order chi connectivity index (χ0) is 13.0. The highest BCUT2D eigenvalue weighted by atomic mass is 79.9. The van der Waals surface area contributed by atoms with Gasteiger partial charge in [0.1, 0.15) is 5.75 Å². The van der Waals surface area contributed by atoms with Gasteiger partial charge in [0.25, 0.3) is 0 Å². The second-order valence-corrected chi connectivity index (χ2v) is 5.77. The first-order valence-corrected chi connectivity index (χ1v) is 7.23. The number of hydrogen-bond acceptors (Lipinski definition) is 3. The van der Waals surface area contributed by atoms with E-state index in [0.29, 0.717) is 6.04 Å². The Hall–Kier alpha value is -0.290. The fraction of sp³-hybridized carbons (Fsp3) is 0.571. The number of hydrogen-bond donors (Lipinski definition) is 1. The van der Waals surface area contributed by atoms with Crippen LogP contribution in [-0.2, 0) is 6.54 Å². The van der Waals surface area contributed by atoms with E-state index in [1.165, 1.54) is 18.4 Å². The van der Waals surface area contributed by atoms with E-state index in [1.807, 2.05) is 12.1 Å². The number of nitrogens with zero attached hydrogens (tertiary/aromatic N) is 1. The lowest BCUT2D eigenvalue weighted by atomic mass is 10.0. The fourth-order valence-electron chi connectivity index (χ4n) is 2.52. The van der Waals surface area contributed by atoms with E-state index >= 15 is 0 Å². The van der Waals surface area contributed by atoms with Gasteiger partial charge in [-0.15, -0.1) is 12.4 Å². The van der Waals surface area contributed by atoms with Crippen LogP contribution in [0.15, 0.2) is 22.7 Å². The van der Waals surface area contributed by atoms with Gasteiger partial charge in [-0.2, -0.15) is 0 Å². The summed E-state index contributed by atoms with van der Waals surface area (Å²) in [7, 11) is 3.94. The van der Waals surface area contributed by atoms with Gasteiger partial charge >= 0.3 is 0 Å². The van der Waals surface area contributed by atoms with Gasteiger partial charge in [0, 0.05) is 22.6 Å². The lowest BCUT2D eigenvalue weighted by Crippen LogP contribution is -2.40. The van der Waals surface area contributed by atoms with E-state index in [2.05, 4.69) is 39.3 Å². The van der Waals surface area contributed by atoms with Crippen LogP contribution in [0.3, 0.4) is 0 Å². The molecule has 0 aromatic heterocycles. The van der Waals surface area contributed by atoms with Gasteiger partial charge in [-0.1, -0.05) is 15.9 Å². The second kappa shape index (κ2) is 8.10. The van der Waals surface area contributed by atoms with E-state index in [0.717, 1.165) is 29.9 Å². The lowest BCUT2D eigenvalue weighted by Gasteiger charge is -2.32. The molecule has 1 saturated heterocycles. The third-order valence-electron chi connectivity index (χ3n) is 3.59. The summed E-state index contributed by atoms with van der Waals surface area (Å²) in [6.45, 7) is 3.20. The summed E-state index contributed by atoms with van der Waals surface area (Å²) < 4.78 is 6.54. The minimum atomic E-state index is 0. The molecule has 1 fully saturated rings. The van der Waals surface area contributed by atoms with E-state index in [-0.39, 0.29) is 12.4 Å². The molecule has 3 nitrogen and oxygen atoms in total. The molecule has 1 aliphatic heterocycles. The minimum absolute atomic E-state index is 0. The lowest BCUT2D eigenvalue weighted by molar-refractivity contribution is 0.190. The van der Waals surface area contributed by atoms with Gasteiger partial charge in [0.05, 0.1) is 7.11 Å². The van der Waals surface area contributed by atoms with Crippen LogP contribution < -0.4 is 10.1 Å². The van der Waals surface area contributed by atoms with Gasteiger partial charge < -0.3 is 10.1 Å². The average Bonchev–Trinajstić information content (AvgIpc) is 2.40. The Kier molecular flexibility index (Phi) is 7.15. The van der Waals surface area contributed by atoms with Crippen molar-refractivity contribution in [1.29, 1.82) is 0 Å². The maximum atomic E-state index is 5.43. The van der Waals surface area contributed by atoms with E-state index in [1.54, 1.807) is 7.11 Å². The molecule has 0 atom stereocenters. The molecule has 5 heteroatoms. The molecular weight excluding hydrogens is 328 g/mol. The Morgan fingerprint density at radius 1 is 1.37 bits per heavy atom. The second-order valence-electron chi connectivity index (χ2n) is 4.85. The van der Waals surface area contributed by atoms with Crippen molar-refractivity contribution in [3.8, 4) is 5.75 Å². The van der Waals surface area contributed by atoms with E-state index in [9.17, 15) is 0 Å². The van der Waals surface area contributed by atoms with Crippen LogP contribution in [0, 0.1) is 0 Å². The van der Waals surface area contributed by atoms with E-state index < -0.39 is 0 Å². The first-order chi connectivity index (χ1) is 8.70. The predicted molar refractivity (Wildman–Crippen MR) is 85.3 cm³/mol. The van der Waals surface area contributed by atoms with Gasteiger partial charge in [-0.3, -0.25) is 4.90 Å². The molecule has 108 valence electrons. The molecule has 0 amide bonds. The highest BCUT2D eigenvalue weighted by Gasteiger charge is 2.18. The van der Waals surface area contributed by atoms with Gasteiger partial charge in [-0.05, 0) is 51.2 Å². The molecule has 0 unspecified atom stereocenters. The van der Waals surface area contributed by atoms with Crippen molar-refractivity contribution in [2.24, 2.45) is 0 Å². The fourth-order valence-corrected chi connectivity index (χ4v) is 2.92. The number of halogens is 2. The van der Waals surface area contributed by atoms with Crippen LogP contribution >= 0.6 is 28.3 Å². The molecule has 19 heavy (non-hydrogen) atoms. The SMILES string of the molecule is COc1ccc(Br)cc1CN(C)C1CCNCC1.Cl. The molecular formula is C14H22BrClN2O. The summed E-state index contributed by atoms with van der Waals surface area (Å²) in [6.07, 6.45) is 2.46. The maximum absolute atomic E-state index is 5.43. The van der Waals surface area contributed by atoms with Crippen molar-refractivity contribution in [1.82, 2.24) is 10.2 Å². The number of piperidine rings is 1. The molecule has 0 bridgehead atoms. The highest BCUT2D eigenvalue weighted by molar-refractivity contribution is 9.10. The molecule has 1 heterocycles. The summed E-state index contributed by atoms with van der Waals surface area (Å²) >= 11 is 3.53. The number of methoxy groups -OCH3 is 1. The number of nitrogens with one attached hydrogen (secondary N) is 1. The third kappa shape index (κ3) is 4.63. The molecule has 1 aromatic rings. The highest BCUT2D eigenvalue weighted by Crippen LogP contribution is 2.25. The minimum Gasteiger partial charge on any atom is -0.496 e. The molecule has 1 aromatic carbocycles. The number of rotatable bonds is 4. The molecule has 0 spiro atoms. The molecule has 1 N–H and O–H groups in total. The molecule has 0 aliphatic carbocycles. The molecule has 2 rings (SSSR count). The zero-order valence-electron chi connectivity index (χ0n) is 11.5. The summed E-state index contributed by atoms with van der Waals surface area (Å²) in [5.74, 6) is 0.971. The van der Waals surface area contributed by atoms with Gasteiger partial charge in [0.15, 0.2) is 0 Å². The summed E-state index contributed by atoms with van der Waals surface area (Å²) in [4.78, 5) is 2.44. The number of ether oxygens (including phenoxy) is 1. The monoisotopic (exact) mass is 348 g/mol. The topological polar surface area (TPSA) is 24.5 Å². The Morgan fingerprint density at radius 2 is 2.05 bits per heavy atom. The quantitative estimate of drug-likeness (QED) is 0.904. The largest absolute Gasteiger partial charge is 0.496 e. The standard InChI is InChI=1S/C14H21BrN2O.ClH/c1-17(13-5-7-16-8-6-13)10-11-9-12(15)3-4-14(11)18-2;/h3-4,9,13,16H,5-8,10H2,1-2H3;1H. The third-order valence-corrected chi connectivity index (χ3v) is 4.09. The van der Waals surface area contributed by atoms with Gasteiger partial charge in [0.2, 0.25) is 0 Å². The van der Waals surface area contributed by atoms with Crippen molar-refractivity contribution in [2.45, 2.75) is 25.4 Å². The van der Waals surface area contributed by atoms with E-state index in [4.69, 9.17) is 4.74 Å². The Morgan fingerprint density at radius 3 is 2.68 bits per heavy atom. The van der Waals surface area contributed by atoms with Crippen LogP contribution in [0.5, 0.6) is 5.75 Å². The summed E-state index contributed by atoms with van der Waals surface area (Å²) in [6, 6.07) is 6.87. The van der Waals surface area contributed by atoms with Crippen LogP contribution in [0.2, 0.25) is 0 Å². The van der Waals surface area contributed by atoms with Crippen molar-refractivity contribution in [3.05, 3.63) is 28.2 Å². The summed E-state index contributed by atoms with van der Waals surface area (Å²) in [5, 5.41) is 3.41. The zero-order valence-corrected chi connectivity index (χ0v) is 13.9. The van der Waals surface area contributed by atoms with Crippen LogP contribution in [-0.4, -0.2) is 38.2 Å². The van der Waals surface area contributed by atoms with Crippen molar-refractivity contribution in [3.63, 3.8) is 0 Å². The molecule has 1 aliphatic rings. The Labute approximate surface area is 130 Å². The first-order valence-electron chi connectivity index (χ1n) is 6.44. The Balaban J connectivity index is 0.00000180. The summed E-state index contributed by atoms with van der Waals surface area (Å²) in [5.41, 5.74) is 1.24. The number of benzene rings is 1. The van der Waals surface area contributed by atoms with Crippen LogP contribution in [0.1, 0.15) is 18.4 Å². The smallest absolute Gasteiger partial charge is 0.123 e. The van der Waals surface area contributed by atoms with Crippen molar-refractivity contribution < 1.29 is 4.74 Å². The normalized spacial score (nSPS) is 16.2. The van der Waals surface area contributed by atoms with Gasteiger partial charge in [-0.25, -0.2) is 0 Å². The predicted octanol–water partition coefficient (Wildman–Crippen LogP) is 3.06. The maximum Gasteiger partial charge on any atom is 0.123 e. The Bertz CT molecular complexity index is 397. The molecule has 0 radical (unpaired) electrons. The first kappa shape index (κ1) is 16.8. The molecule has 0 saturated carbocycles. The van der Waals surface area contributed by atoms with Crippen molar-refractivity contribution in [2.75, 3.05) is 27.2 Å².